The molecule has 0 aliphatic heterocycles. The molecular weight excluding hydrogens is 298 g/mol. The molecule has 0 radical (unpaired) electrons. The van der Waals surface area contributed by atoms with Crippen molar-refractivity contribution in [3.63, 3.8) is 0 Å². The molecule has 0 unspecified atom stereocenters. The Hall–Kier alpha value is -2.40. The van der Waals surface area contributed by atoms with Gasteiger partial charge in [0.2, 0.25) is 0 Å². The van der Waals surface area contributed by atoms with Gasteiger partial charge < -0.3 is 15.6 Å². The van der Waals surface area contributed by atoms with Crippen LogP contribution in [0.2, 0.25) is 0 Å². The van der Waals surface area contributed by atoms with Crippen LogP contribution in [0.3, 0.4) is 0 Å². The molecule has 124 valence electrons. The standard InChI is InChI=1S/C19H23N5/c1-13-8-14-4-2-3-5-18(14)24(13)7-6-21-19-11-17(22-12-23-19)15-9-16(20)10-15/h2-5,8,11-12,15-16H,6-7,9-10,20H2,1H3,(H,21,22,23). The fourth-order valence-corrected chi connectivity index (χ4v) is 3.54. The second-order valence-electron chi connectivity index (χ2n) is 6.68. The van der Waals surface area contributed by atoms with Gasteiger partial charge in [-0.1, -0.05) is 18.2 Å². The van der Waals surface area contributed by atoms with Crippen molar-refractivity contribution in [3.05, 3.63) is 54.1 Å². The van der Waals surface area contributed by atoms with Crippen LogP contribution in [-0.2, 0) is 6.54 Å². The fraction of sp³-hybridized carbons (Fsp3) is 0.368. The van der Waals surface area contributed by atoms with Crippen molar-refractivity contribution in [2.24, 2.45) is 5.73 Å². The van der Waals surface area contributed by atoms with E-state index >= 15 is 0 Å². The number of para-hydroxylation sites is 1. The van der Waals surface area contributed by atoms with E-state index in [2.05, 4.69) is 63.2 Å². The Balaban J connectivity index is 1.42. The average molecular weight is 321 g/mol. The highest BCUT2D eigenvalue weighted by Crippen LogP contribution is 2.34. The van der Waals surface area contributed by atoms with Gasteiger partial charge in [-0.25, -0.2) is 9.97 Å². The number of nitrogens with one attached hydrogen (secondary N) is 1. The number of nitrogens with two attached hydrogens (primary N) is 1. The van der Waals surface area contributed by atoms with E-state index in [1.807, 2.05) is 0 Å². The number of aromatic nitrogens is 3. The summed E-state index contributed by atoms with van der Waals surface area (Å²) in [6, 6.07) is 13.1. The predicted molar refractivity (Wildman–Crippen MR) is 97.1 cm³/mol. The molecule has 1 aliphatic rings. The van der Waals surface area contributed by atoms with E-state index in [9.17, 15) is 0 Å². The number of anilines is 1. The summed E-state index contributed by atoms with van der Waals surface area (Å²) < 4.78 is 2.34. The molecule has 0 atom stereocenters. The summed E-state index contributed by atoms with van der Waals surface area (Å²) in [5, 5.41) is 4.72. The zero-order valence-corrected chi connectivity index (χ0v) is 13.9. The summed E-state index contributed by atoms with van der Waals surface area (Å²) in [7, 11) is 0. The van der Waals surface area contributed by atoms with Crippen LogP contribution in [0.25, 0.3) is 10.9 Å². The van der Waals surface area contributed by atoms with Gasteiger partial charge >= 0.3 is 0 Å². The van der Waals surface area contributed by atoms with Crippen LogP contribution in [0.4, 0.5) is 5.82 Å². The Morgan fingerprint density at radius 2 is 2.04 bits per heavy atom. The minimum Gasteiger partial charge on any atom is -0.368 e. The summed E-state index contributed by atoms with van der Waals surface area (Å²) in [6.07, 6.45) is 3.72. The van der Waals surface area contributed by atoms with E-state index in [1.165, 1.54) is 16.6 Å². The lowest BCUT2D eigenvalue weighted by Crippen LogP contribution is -2.35. The van der Waals surface area contributed by atoms with Crippen LogP contribution in [0, 0.1) is 6.92 Å². The molecule has 4 rings (SSSR count). The van der Waals surface area contributed by atoms with Crippen LogP contribution in [-0.4, -0.2) is 27.1 Å². The van der Waals surface area contributed by atoms with Gasteiger partial charge in [-0.15, -0.1) is 0 Å². The van der Waals surface area contributed by atoms with Gasteiger partial charge in [0.25, 0.3) is 0 Å². The molecule has 3 aromatic rings. The van der Waals surface area contributed by atoms with Crippen LogP contribution >= 0.6 is 0 Å². The molecule has 1 aliphatic carbocycles. The molecule has 2 aromatic heterocycles. The number of hydrogen-bond donors (Lipinski definition) is 2. The maximum absolute atomic E-state index is 5.88. The molecule has 3 N–H and O–H groups in total. The number of hydrogen-bond acceptors (Lipinski definition) is 4. The molecule has 1 fully saturated rings. The largest absolute Gasteiger partial charge is 0.368 e. The lowest BCUT2D eigenvalue weighted by Gasteiger charge is -2.31. The minimum absolute atomic E-state index is 0.339. The Kier molecular flexibility index (Phi) is 3.94. The third-order valence-electron chi connectivity index (χ3n) is 4.94. The molecule has 24 heavy (non-hydrogen) atoms. The molecule has 1 saturated carbocycles. The minimum atomic E-state index is 0.339. The van der Waals surface area contributed by atoms with Gasteiger partial charge in [0.05, 0.1) is 0 Å². The van der Waals surface area contributed by atoms with Crippen LogP contribution < -0.4 is 11.1 Å². The van der Waals surface area contributed by atoms with Crippen molar-refractivity contribution in [2.45, 2.75) is 38.3 Å². The van der Waals surface area contributed by atoms with Crippen LogP contribution in [0.15, 0.2) is 42.7 Å². The van der Waals surface area contributed by atoms with Crippen molar-refractivity contribution >= 4 is 16.7 Å². The first-order valence-corrected chi connectivity index (χ1v) is 8.57. The van der Waals surface area contributed by atoms with Crippen LogP contribution in [0.1, 0.15) is 30.1 Å². The number of aryl methyl sites for hydroxylation is 1. The summed E-state index contributed by atoms with van der Waals surface area (Å²) in [4.78, 5) is 8.74. The fourth-order valence-electron chi connectivity index (χ4n) is 3.54. The summed E-state index contributed by atoms with van der Waals surface area (Å²) >= 11 is 0. The molecule has 1 aromatic carbocycles. The highest BCUT2D eigenvalue weighted by Gasteiger charge is 2.28. The molecule has 2 heterocycles. The van der Waals surface area contributed by atoms with E-state index in [4.69, 9.17) is 5.73 Å². The first-order chi connectivity index (χ1) is 11.7. The highest BCUT2D eigenvalue weighted by molar-refractivity contribution is 5.81. The first kappa shape index (κ1) is 15.1. The zero-order valence-electron chi connectivity index (χ0n) is 13.9. The Bertz CT molecular complexity index is 848. The molecule has 0 bridgehead atoms. The molecule has 0 spiro atoms. The summed E-state index contributed by atoms with van der Waals surface area (Å²) in [5.74, 6) is 1.40. The molecular formula is C19H23N5. The second kappa shape index (κ2) is 6.24. The van der Waals surface area contributed by atoms with Gasteiger partial charge in [0.15, 0.2) is 0 Å². The Morgan fingerprint density at radius 3 is 2.88 bits per heavy atom. The zero-order chi connectivity index (χ0) is 16.5. The quantitative estimate of drug-likeness (QED) is 0.758. The number of benzene rings is 1. The second-order valence-corrected chi connectivity index (χ2v) is 6.68. The maximum Gasteiger partial charge on any atom is 0.129 e. The summed E-state index contributed by atoms with van der Waals surface area (Å²) in [6.45, 7) is 3.90. The van der Waals surface area contributed by atoms with Crippen molar-refractivity contribution in [3.8, 4) is 0 Å². The number of rotatable bonds is 5. The van der Waals surface area contributed by atoms with Gasteiger partial charge in [-0.2, -0.15) is 0 Å². The normalized spacial score (nSPS) is 20.1. The lowest BCUT2D eigenvalue weighted by atomic mass is 9.79. The van der Waals surface area contributed by atoms with E-state index < -0.39 is 0 Å². The van der Waals surface area contributed by atoms with Crippen molar-refractivity contribution < 1.29 is 0 Å². The summed E-state index contributed by atoms with van der Waals surface area (Å²) in [5.41, 5.74) is 9.55. The lowest BCUT2D eigenvalue weighted by molar-refractivity contribution is 0.345. The van der Waals surface area contributed by atoms with Gasteiger partial charge in [-0.3, -0.25) is 0 Å². The molecule has 5 heteroatoms. The van der Waals surface area contributed by atoms with Crippen molar-refractivity contribution in [1.82, 2.24) is 14.5 Å². The molecule has 0 amide bonds. The Morgan fingerprint density at radius 1 is 1.21 bits per heavy atom. The monoisotopic (exact) mass is 321 g/mol. The van der Waals surface area contributed by atoms with E-state index in [0.29, 0.717) is 12.0 Å². The first-order valence-electron chi connectivity index (χ1n) is 8.57. The average Bonchev–Trinajstić information content (AvgIpc) is 2.88. The SMILES string of the molecule is Cc1cc2ccccc2n1CCNc1cc(C2CC(N)C2)ncn1. The topological polar surface area (TPSA) is 68.8 Å². The van der Waals surface area contributed by atoms with E-state index in [0.717, 1.165) is 37.4 Å². The van der Waals surface area contributed by atoms with Crippen LogP contribution in [0.5, 0.6) is 0 Å². The van der Waals surface area contributed by atoms with Crippen molar-refractivity contribution in [1.29, 1.82) is 0 Å². The highest BCUT2D eigenvalue weighted by atomic mass is 15.1. The van der Waals surface area contributed by atoms with Crippen molar-refractivity contribution in [2.75, 3.05) is 11.9 Å². The number of fused-ring (bicyclic) bond motifs is 1. The smallest absolute Gasteiger partial charge is 0.129 e. The van der Waals surface area contributed by atoms with Gasteiger partial charge in [0.1, 0.15) is 12.1 Å². The molecule has 5 nitrogen and oxygen atoms in total. The van der Waals surface area contributed by atoms with Gasteiger partial charge in [-0.05, 0) is 37.3 Å². The Labute approximate surface area is 141 Å². The third-order valence-corrected chi connectivity index (χ3v) is 4.94. The third kappa shape index (κ3) is 2.87. The predicted octanol–water partition coefficient (Wildman–Crippen LogP) is 3.06. The number of nitrogens with zero attached hydrogens (tertiary/aromatic N) is 3. The molecule has 0 saturated heterocycles. The maximum atomic E-state index is 5.88. The van der Waals surface area contributed by atoms with E-state index in [-0.39, 0.29) is 0 Å². The van der Waals surface area contributed by atoms with E-state index in [1.54, 1.807) is 6.33 Å². The van der Waals surface area contributed by atoms with Gasteiger partial charge in [0, 0.05) is 48.0 Å².